The molecule has 1 amide bonds. The van der Waals surface area contributed by atoms with Crippen LogP contribution in [0.15, 0.2) is 28.9 Å². The number of carbonyl (C=O) groups excluding carboxylic acids is 1. The predicted molar refractivity (Wildman–Crippen MR) is 81.7 cm³/mol. The van der Waals surface area contributed by atoms with E-state index in [2.05, 4.69) is 21.2 Å². The fraction of sp³-hybridized carbons (Fsp3) is 0.214. The van der Waals surface area contributed by atoms with Crippen LogP contribution < -0.4 is 5.32 Å². The molecule has 7 heteroatoms. The molecule has 1 aromatic heterocycles. The maximum absolute atomic E-state index is 13.7. The van der Waals surface area contributed by atoms with Gasteiger partial charge in [0.2, 0.25) is 0 Å². The zero-order valence-corrected chi connectivity index (χ0v) is 13.4. The second-order valence-corrected chi connectivity index (χ2v) is 5.79. The second kappa shape index (κ2) is 6.58. The Morgan fingerprint density at radius 3 is 2.52 bits per heavy atom. The molecule has 0 spiro atoms. The summed E-state index contributed by atoms with van der Waals surface area (Å²) in [4.78, 5) is 12.2. The van der Waals surface area contributed by atoms with Crippen LogP contribution in [0.5, 0.6) is 0 Å². The predicted octanol–water partition coefficient (Wildman–Crippen LogP) is 4.84. The van der Waals surface area contributed by atoms with E-state index in [0.29, 0.717) is 11.6 Å². The van der Waals surface area contributed by atoms with E-state index in [4.69, 9.17) is 11.6 Å². The van der Waals surface area contributed by atoms with Crippen LogP contribution in [0, 0.1) is 11.6 Å². The average molecular weight is 378 g/mol. The van der Waals surface area contributed by atoms with Crippen molar-refractivity contribution < 1.29 is 13.6 Å². The Morgan fingerprint density at radius 2 is 1.95 bits per heavy atom. The van der Waals surface area contributed by atoms with E-state index in [1.807, 2.05) is 6.92 Å². The quantitative estimate of drug-likeness (QED) is 0.812. The fourth-order valence-electron chi connectivity index (χ4n) is 1.93. The van der Waals surface area contributed by atoms with E-state index in [-0.39, 0.29) is 10.2 Å². The highest BCUT2D eigenvalue weighted by Crippen LogP contribution is 2.25. The minimum atomic E-state index is -0.852. The van der Waals surface area contributed by atoms with E-state index in [9.17, 15) is 13.6 Å². The summed E-state index contributed by atoms with van der Waals surface area (Å²) in [5, 5.41) is 2.64. The van der Waals surface area contributed by atoms with Crippen LogP contribution in [0.4, 0.5) is 14.5 Å². The molecule has 0 aliphatic carbocycles. The minimum Gasteiger partial charge on any atom is -0.342 e. The van der Waals surface area contributed by atoms with Crippen molar-refractivity contribution in [3.63, 3.8) is 0 Å². The number of nitrogens with zero attached hydrogens (tertiary/aromatic N) is 1. The molecule has 112 valence electrons. The Labute approximate surface area is 134 Å². The zero-order chi connectivity index (χ0) is 15.6. The smallest absolute Gasteiger partial charge is 0.272 e. The Morgan fingerprint density at radius 1 is 1.33 bits per heavy atom. The molecule has 1 heterocycles. The van der Waals surface area contributed by atoms with Gasteiger partial charge in [-0.1, -0.05) is 34.5 Å². The summed E-state index contributed by atoms with van der Waals surface area (Å²) in [5.41, 5.74) is -0.230. The van der Waals surface area contributed by atoms with Gasteiger partial charge in [0.25, 0.3) is 5.91 Å². The van der Waals surface area contributed by atoms with Crippen molar-refractivity contribution in [3.8, 4) is 0 Å². The second-order valence-electron chi connectivity index (χ2n) is 4.44. The number of amides is 1. The molecule has 0 saturated carbocycles. The van der Waals surface area contributed by atoms with Crippen LogP contribution in [0.25, 0.3) is 0 Å². The number of anilines is 1. The monoisotopic (exact) mass is 376 g/mol. The summed E-state index contributed by atoms with van der Waals surface area (Å²) in [7, 11) is 0. The molecule has 0 atom stereocenters. The van der Waals surface area contributed by atoms with Gasteiger partial charge in [-0.05, 0) is 24.6 Å². The standard InChI is InChI=1S/C14H12BrClF2N2O/c1-2-3-20-7-9(16)6-12(20)14(21)19-13-10(17)4-8(15)5-11(13)18/h4-7H,2-3H2,1H3,(H,19,21). The molecule has 21 heavy (non-hydrogen) atoms. The number of hydrogen-bond donors (Lipinski definition) is 1. The van der Waals surface area contributed by atoms with Crippen molar-refractivity contribution in [1.82, 2.24) is 4.57 Å². The molecule has 1 N–H and O–H groups in total. The maximum Gasteiger partial charge on any atom is 0.272 e. The van der Waals surface area contributed by atoms with Crippen LogP contribution in [0.3, 0.4) is 0 Å². The van der Waals surface area contributed by atoms with Gasteiger partial charge in [-0.25, -0.2) is 8.78 Å². The highest BCUT2D eigenvalue weighted by Gasteiger charge is 2.18. The first-order chi connectivity index (χ1) is 9.92. The fourth-order valence-corrected chi connectivity index (χ4v) is 2.55. The van der Waals surface area contributed by atoms with Gasteiger partial charge >= 0.3 is 0 Å². The lowest BCUT2D eigenvalue weighted by atomic mass is 10.2. The van der Waals surface area contributed by atoms with Gasteiger partial charge in [0.1, 0.15) is 11.4 Å². The molecule has 1 aromatic carbocycles. The van der Waals surface area contributed by atoms with Gasteiger partial charge in [0.05, 0.1) is 5.02 Å². The number of carbonyl (C=O) groups is 1. The normalized spacial score (nSPS) is 10.7. The Hall–Kier alpha value is -1.40. The molecule has 0 radical (unpaired) electrons. The van der Waals surface area contributed by atoms with Crippen molar-refractivity contribution in [2.45, 2.75) is 19.9 Å². The van der Waals surface area contributed by atoms with Crippen molar-refractivity contribution in [2.75, 3.05) is 5.32 Å². The molecule has 0 unspecified atom stereocenters. The Kier molecular flexibility index (Phi) is 5.00. The van der Waals surface area contributed by atoms with Crippen LogP contribution in [-0.4, -0.2) is 10.5 Å². The first kappa shape index (κ1) is 16.0. The third-order valence-electron chi connectivity index (χ3n) is 2.81. The number of benzene rings is 1. The van der Waals surface area contributed by atoms with Crippen LogP contribution in [-0.2, 0) is 6.54 Å². The minimum absolute atomic E-state index is 0.253. The summed E-state index contributed by atoms with van der Waals surface area (Å²) < 4.78 is 29.3. The van der Waals surface area contributed by atoms with Gasteiger partial charge in [0, 0.05) is 17.2 Å². The molecule has 2 rings (SSSR count). The van der Waals surface area contributed by atoms with E-state index >= 15 is 0 Å². The van der Waals surface area contributed by atoms with Gasteiger partial charge in [0.15, 0.2) is 11.6 Å². The number of nitrogens with one attached hydrogen (secondary N) is 1. The summed E-state index contributed by atoms with van der Waals surface area (Å²) in [6.45, 7) is 2.53. The maximum atomic E-state index is 13.7. The number of halogens is 4. The number of aryl methyl sites for hydroxylation is 1. The van der Waals surface area contributed by atoms with Gasteiger partial charge in [-0.3, -0.25) is 4.79 Å². The Balaban J connectivity index is 2.30. The van der Waals surface area contributed by atoms with E-state index < -0.39 is 23.2 Å². The Bertz CT molecular complexity index is 665. The molecule has 3 nitrogen and oxygen atoms in total. The van der Waals surface area contributed by atoms with Crippen LogP contribution in [0.1, 0.15) is 23.8 Å². The molecular weight excluding hydrogens is 366 g/mol. The zero-order valence-electron chi connectivity index (χ0n) is 11.1. The molecule has 0 fully saturated rings. The van der Waals surface area contributed by atoms with Crippen LogP contribution in [0.2, 0.25) is 5.02 Å². The topological polar surface area (TPSA) is 34.0 Å². The highest BCUT2D eigenvalue weighted by molar-refractivity contribution is 9.10. The molecular formula is C14H12BrClF2N2O. The van der Waals surface area contributed by atoms with Gasteiger partial charge in [-0.2, -0.15) is 0 Å². The van der Waals surface area contributed by atoms with Crippen LogP contribution >= 0.6 is 27.5 Å². The van der Waals surface area contributed by atoms with Crippen molar-refractivity contribution >= 4 is 39.1 Å². The largest absolute Gasteiger partial charge is 0.342 e. The lowest BCUT2D eigenvalue weighted by Crippen LogP contribution is -2.18. The first-order valence-corrected chi connectivity index (χ1v) is 7.41. The molecule has 0 aliphatic rings. The lowest BCUT2D eigenvalue weighted by Gasteiger charge is -2.10. The average Bonchev–Trinajstić information content (AvgIpc) is 2.75. The summed E-state index contributed by atoms with van der Waals surface area (Å²) in [5.74, 6) is -2.32. The van der Waals surface area contributed by atoms with E-state index in [0.717, 1.165) is 18.6 Å². The number of hydrogen-bond acceptors (Lipinski definition) is 1. The molecule has 0 aliphatic heterocycles. The summed E-state index contributed by atoms with van der Waals surface area (Å²) >= 11 is 8.86. The van der Waals surface area contributed by atoms with Crippen molar-refractivity contribution in [1.29, 1.82) is 0 Å². The summed E-state index contributed by atoms with van der Waals surface area (Å²) in [6.07, 6.45) is 2.40. The highest BCUT2D eigenvalue weighted by atomic mass is 79.9. The van der Waals surface area contributed by atoms with Crippen molar-refractivity contribution in [2.24, 2.45) is 0 Å². The number of rotatable bonds is 4. The van der Waals surface area contributed by atoms with Gasteiger partial charge in [-0.15, -0.1) is 0 Å². The number of aromatic nitrogens is 1. The van der Waals surface area contributed by atoms with Crippen molar-refractivity contribution in [3.05, 3.63) is 51.2 Å². The first-order valence-electron chi connectivity index (χ1n) is 6.24. The summed E-state index contributed by atoms with van der Waals surface area (Å²) in [6, 6.07) is 3.62. The third kappa shape index (κ3) is 3.63. The molecule has 0 saturated heterocycles. The molecule has 0 bridgehead atoms. The third-order valence-corrected chi connectivity index (χ3v) is 3.47. The lowest BCUT2D eigenvalue weighted by molar-refractivity contribution is 0.101. The SMILES string of the molecule is CCCn1cc(Cl)cc1C(=O)Nc1c(F)cc(Br)cc1F. The van der Waals surface area contributed by atoms with Gasteiger partial charge < -0.3 is 9.88 Å². The van der Waals surface area contributed by atoms with E-state index in [1.165, 1.54) is 6.07 Å². The van der Waals surface area contributed by atoms with E-state index in [1.54, 1.807) is 10.8 Å². The molecule has 2 aromatic rings.